The smallest absolute Gasteiger partial charge is 0.0829 e. The predicted molar refractivity (Wildman–Crippen MR) is 62.6 cm³/mol. The molecule has 1 aliphatic carbocycles. The molecule has 15 heavy (non-hydrogen) atoms. The Kier molecular flexibility index (Phi) is 4.26. The van der Waals surface area contributed by atoms with E-state index in [1.807, 2.05) is 0 Å². The van der Waals surface area contributed by atoms with Crippen LogP contribution < -0.4 is 0 Å². The number of ether oxygens (including phenoxy) is 1. The normalized spacial score (nSPS) is 28.6. The highest BCUT2D eigenvalue weighted by Gasteiger charge is 2.31. The highest BCUT2D eigenvalue weighted by Crippen LogP contribution is 2.27. The minimum atomic E-state index is 0.382. The number of morpholine rings is 1. The van der Waals surface area contributed by atoms with E-state index in [1.165, 1.54) is 12.8 Å². The average Bonchev–Trinajstić information content (AvgIpc) is 3.00. The van der Waals surface area contributed by atoms with Gasteiger partial charge in [0.2, 0.25) is 0 Å². The van der Waals surface area contributed by atoms with Gasteiger partial charge in [-0.05, 0) is 19.9 Å². The maximum absolute atomic E-state index is 5.82. The highest BCUT2D eigenvalue weighted by molar-refractivity contribution is 6.18. The van der Waals surface area contributed by atoms with Crippen LogP contribution >= 0.6 is 11.6 Å². The van der Waals surface area contributed by atoms with Crippen molar-refractivity contribution in [2.45, 2.75) is 25.0 Å². The topological polar surface area (TPSA) is 15.7 Å². The predicted octanol–water partition coefficient (Wildman–Crippen LogP) is 1.02. The molecule has 3 nitrogen and oxygen atoms in total. The van der Waals surface area contributed by atoms with E-state index in [4.69, 9.17) is 16.3 Å². The van der Waals surface area contributed by atoms with Gasteiger partial charge in [0.25, 0.3) is 0 Å². The van der Waals surface area contributed by atoms with Gasteiger partial charge >= 0.3 is 0 Å². The van der Waals surface area contributed by atoms with Crippen molar-refractivity contribution in [2.24, 2.45) is 0 Å². The van der Waals surface area contributed by atoms with E-state index in [-0.39, 0.29) is 0 Å². The van der Waals surface area contributed by atoms with Gasteiger partial charge in [-0.25, -0.2) is 0 Å². The Morgan fingerprint density at radius 2 is 2.27 bits per heavy atom. The third-order valence-electron chi connectivity index (χ3n) is 3.22. The number of nitrogens with zero attached hydrogens (tertiary/aromatic N) is 2. The Hall–Kier alpha value is 0.170. The quantitative estimate of drug-likeness (QED) is 0.659. The van der Waals surface area contributed by atoms with Crippen molar-refractivity contribution in [3.05, 3.63) is 0 Å². The molecule has 1 unspecified atom stereocenters. The number of hydrogen-bond acceptors (Lipinski definition) is 3. The van der Waals surface area contributed by atoms with Crippen molar-refractivity contribution in [1.82, 2.24) is 9.80 Å². The van der Waals surface area contributed by atoms with Gasteiger partial charge in [0.05, 0.1) is 12.7 Å². The van der Waals surface area contributed by atoms with Gasteiger partial charge in [-0.2, -0.15) is 0 Å². The van der Waals surface area contributed by atoms with Crippen LogP contribution in [0.2, 0.25) is 0 Å². The minimum absolute atomic E-state index is 0.382. The molecule has 1 saturated carbocycles. The van der Waals surface area contributed by atoms with Crippen LogP contribution in [0.1, 0.15) is 12.8 Å². The van der Waals surface area contributed by atoms with E-state index in [0.717, 1.165) is 44.7 Å². The zero-order valence-electron chi connectivity index (χ0n) is 9.49. The van der Waals surface area contributed by atoms with Crippen LogP contribution in [0.3, 0.4) is 0 Å². The molecule has 2 aliphatic rings. The highest BCUT2D eigenvalue weighted by atomic mass is 35.5. The molecule has 0 aromatic carbocycles. The second-order valence-corrected chi connectivity index (χ2v) is 5.05. The maximum Gasteiger partial charge on any atom is 0.0829 e. The Morgan fingerprint density at radius 3 is 2.87 bits per heavy atom. The molecule has 88 valence electrons. The molecule has 0 aromatic heterocycles. The zero-order chi connectivity index (χ0) is 10.7. The van der Waals surface area contributed by atoms with Crippen molar-refractivity contribution in [2.75, 3.05) is 45.7 Å². The van der Waals surface area contributed by atoms with Crippen LogP contribution in [0, 0.1) is 0 Å². The molecule has 1 aliphatic heterocycles. The lowest BCUT2D eigenvalue weighted by molar-refractivity contribution is -0.0360. The summed E-state index contributed by atoms with van der Waals surface area (Å²) in [4.78, 5) is 4.84. The molecular formula is C11H21ClN2O. The lowest BCUT2D eigenvalue weighted by atomic mass is 10.2. The molecule has 2 rings (SSSR count). The first-order valence-corrected chi connectivity index (χ1v) is 6.43. The molecule has 0 amide bonds. The molecule has 1 saturated heterocycles. The van der Waals surface area contributed by atoms with Gasteiger partial charge in [-0.3, -0.25) is 4.90 Å². The van der Waals surface area contributed by atoms with Crippen molar-refractivity contribution in [3.8, 4) is 0 Å². The SMILES string of the molecule is CN1CCOC(CN(CCCl)C2CC2)C1. The van der Waals surface area contributed by atoms with Crippen LogP contribution in [0.5, 0.6) is 0 Å². The molecule has 0 radical (unpaired) electrons. The van der Waals surface area contributed by atoms with Gasteiger partial charge in [0.15, 0.2) is 0 Å². The van der Waals surface area contributed by atoms with E-state index in [0.29, 0.717) is 6.10 Å². The van der Waals surface area contributed by atoms with Gasteiger partial charge in [0, 0.05) is 38.1 Å². The standard InChI is InChI=1S/C11H21ClN2O/c1-13-6-7-15-11(8-13)9-14(5-4-12)10-2-3-10/h10-11H,2-9H2,1H3. The van der Waals surface area contributed by atoms with Crippen molar-refractivity contribution < 1.29 is 4.74 Å². The number of halogens is 1. The number of hydrogen-bond donors (Lipinski definition) is 0. The van der Waals surface area contributed by atoms with Crippen LogP contribution in [0.25, 0.3) is 0 Å². The maximum atomic E-state index is 5.82. The summed E-state index contributed by atoms with van der Waals surface area (Å²) in [5.74, 6) is 0.735. The zero-order valence-corrected chi connectivity index (χ0v) is 10.2. The Balaban J connectivity index is 1.77. The number of likely N-dealkylation sites (N-methyl/N-ethyl adjacent to an activating group) is 1. The Bertz CT molecular complexity index is 199. The summed E-state index contributed by atoms with van der Waals surface area (Å²) < 4.78 is 5.78. The first kappa shape index (κ1) is 11.6. The summed E-state index contributed by atoms with van der Waals surface area (Å²) in [6.07, 6.45) is 3.08. The third-order valence-corrected chi connectivity index (χ3v) is 3.38. The molecular weight excluding hydrogens is 212 g/mol. The first-order valence-electron chi connectivity index (χ1n) is 5.89. The first-order chi connectivity index (χ1) is 7.29. The molecule has 0 spiro atoms. The van der Waals surface area contributed by atoms with Gasteiger partial charge in [-0.15, -0.1) is 11.6 Å². The largest absolute Gasteiger partial charge is 0.374 e. The second-order valence-electron chi connectivity index (χ2n) is 4.67. The van der Waals surface area contributed by atoms with E-state index in [1.54, 1.807) is 0 Å². The monoisotopic (exact) mass is 232 g/mol. The summed E-state index contributed by atoms with van der Waals surface area (Å²) in [5, 5.41) is 0. The lowest BCUT2D eigenvalue weighted by Gasteiger charge is -2.33. The summed E-state index contributed by atoms with van der Waals surface area (Å²) in [5.41, 5.74) is 0. The van der Waals surface area contributed by atoms with Crippen LogP contribution in [-0.4, -0.2) is 67.7 Å². The summed E-state index contributed by atoms with van der Waals surface area (Å²) >= 11 is 5.82. The average molecular weight is 233 g/mol. The second kappa shape index (κ2) is 5.48. The fourth-order valence-corrected chi connectivity index (χ4v) is 2.43. The van der Waals surface area contributed by atoms with E-state index in [2.05, 4.69) is 16.8 Å². The minimum Gasteiger partial charge on any atom is -0.374 e. The van der Waals surface area contributed by atoms with Gasteiger partial charge < -0.3 is 9.64 Å². The van der Waals surface area contributed by atoms with E-state index < -0.39 is 0 Å². The Morgan fingerprint density at radius 1 is 1.47 bits per heavy atom. The third kappa shape index (κ3) is 3.59. The summed E-state index contributed by atoms with van der Waals surface area (Å²) in [7, 11) is 2.17. The molecule has 0 aromatic rings. The number of rotatable bonds is 5. The van der Waals surface area contributed by atoms with Gasteiger partial charge in [-0.1, -0.05) is 0 Å². The summed E-state index contributed by atoms with van der Waals surface area (Å²) in [6.45, 7) is 5.07. The van der Waals surface area contributed by atoms with Crippen LogP contribution in [-0.2, 0) is 4.74 Å². The molecule has 4 heteroatoms. The molecule has 1 atom stereocenters. The molecule has 2 fully saturated rings. The van der Waals surface area contributed by atoms with Gasteiger partial charge in [0.1, 0.15) is 0 Å². The Labute approximate surface area is 97.3 Å². The molecule has 0 bridgehead atoms. The molecule has 0 N–H and O–H groups in total. The number of alkyl halides is 1. The fraction of sp³-hybridized carbons (Fsp3) is 1.00. The fourth-order valence-electron chi connectivity index (χ4n) is 2.21. The summed E-state index contributed by atoms with van der Waals surface area (Å²) in [6, 6.07) is 0.791. The van der Waals surface area contributed by atoms with Crippen molar-refractivity contribution in [3.63, 3.8) is 0 Å². The van der Waals surface area contributed by atoms with E-state index in [9.17, 15) is 0 Å². The van der Waals surface area contributed by atoms with Crippen molar-refractivity contribution in [1.29, 1.82) is 0 Å². The van der Waals surface area contributed by atoms with Crippen LogP contribution in [0.15, 0.2) is 0 Å². The molecule has 1 heterocycles. The lowest BCUT2D eigenvalue weighted by Crippen LogP contribution is -2.47. The van der Waals surface area contributed by atoms with Crippen molar-refractivity contribution >= 4 is 11.6 Å². The van der Waals surface area contributed by atoms with Crippen LogP contribution in [0.4, 0.5) is 0 Å². The van der Waals surface area contributed by atoms with E-state index >= 15 is 0 Å².